The summed E-state index contributed by atoms with van der Waals surface area (Å²) in [6.45, 7) is 4.30. The molecular weight excluding hydrogens is 252 g/mol. The van der Waals surface area contributed by atoms with Crippen LogP contribution in [0.5, 0.6) is 0 Å². The van der Waals surface area contributed by atoms with Crippen molar-refractivity contribution in [2.75, 3.05) is 0 Å². The van der Waals surface area contributed by atoms with Gasteiger partial charge in [-0.05, 0) is 30.7 Å². The molecule has 1 aromatic rings. The standard InChI is InChI=1S/C12H22.C9H12/c1-3-7-11(8-4-1)12-9-5-2-6-10-12;1-3-9-6-4-5-8(2)7-9/h11-12H,1-10H2;4-7H,3H2,1-2H3. The van der Waals surface area contributed by atoms with Crippen LogP contribution in [-0.2, 0) is 6.42 Å². The molecule has 0 bridgehead atoms. The Morgan fingerprint density at radius 1 is 0.810 bits per heavy atom. The van der Waals surface area contributed by atoms with E-state index in [0.717, 1.165) is 18.3 Å². The maximum Gasteiger partial charge on any atom is -0.0307 e. The van der Waals surface area contributed by atoms with Gasteiger partial charge in [0.25, 0.3) is 0 Å². The minimum absolute atomic E-state index is 1.14. The Balaban J connectivity index is 0.000000161. The quantitative estimate of drug-likeness (QED) is 0.567. The smallest absolute Gasteiger partial charge is 0.0307 e. The second-order valence-electron chi connectivity index (χ2n) is 7.14. The average Bonchev–Trinajstić information content (AvgIpc) is 2.57. The van der Waals surface area contributed by atoms with Crippen LogP contribution >= 0.6 is 0 Å². The van der Waals surface area contributed by atoms with Crippen LogP contribution < -0.4 is 0 Å². The van der Waals surface area contributed by atoms with Crippen molar-refractivity contribution in [2.24, 2.45) is 11.8 Å². The highest BCUT2D eigenvalue weighted by Crippen LogP contribution is 2.37. The fraction of sp³-hybridized carbons (Fsp3) is 0.714. The van der Waals surface area contributed by atoms with Crippen molar-refractivity contribution in [2.45, 2.75) is 84.5 Å². The first-order chi connectivity index (χ1) is 10.3. The zero-order chi connectivity index (χ0) is 14.9. The van der Waals surface area contributed by atoms with Gasteiger partial charge in [-0.3, -0.25) is 0 Å². The van der Waals surface area contributed by atoms with Crippen LogP contribution in [0.2, 0.25) is 0 Å². The van der Waals surface area contributed by atoms with E-state index in [0.29, 0.717) is 0 Å². The Labute approximate surface area is 132 Å². The molecule has 0 aromatic heterocycles. The van der Waals surface area contributed by atoms with Gasteiger partial charge in [-0.1, -0.05) is 101 Å². The van der Waals surface area contributed by atoms with Crippen LogP contribution in [0.4, 0.5) is 0 Å². The van der Waals surface area contributed by atoms with Gasteiger partial charge >= 0.3 is 0 Å². The predicted octanol–water partition coefficient (Wildman–Crippen LogP) is 6.70. The SMILES string of the molecule is C1CCC(C2CCCCC2)CC1.CCc1cccc(C)c1. The summed E-state index contributed by atoms with van der Waals surface area (Å²) in [6.07, 6.45) is 16.5. The maximum atomic E-state index is 2.22. The molecule has 0 heterocycles. The molecular formula is C21H34. The van der Waals surface area contributed by atoms with Crippen molar-refractivity contribution in [3.05, 3.63) is 35.4 Å². The van der Waals surface area contributed by atoms with Crippen molar-refractivity contribution in [1.29, 1.82) is 0 Å². The summed E-state index contributed by atoms with van der Waals surface area (Å²) in [7, 11) is 0. The van der Waals surface area contributed by atoms with E-state index >= 15 is 0 Å². The number of rotatable bonds is 2. The lowest BCUT2D eigenvalue weighted by molar-refractivity contribution is 0.196. The monoisotopic (exact) mass is 286 g/mol. The molecule has 2 aliphatic rings. The highest BCUT2D eigenvalue weighted by Gasteiger charge is 2.24. The lowest BCUT2D eigenvalue weighted by Crippen LogP contribution is -2.20. The molecule has 0 atom stereocenters. The van der Waals surface area contributed by atoms with Gasteiger partial charge in [0, 0.05) is 0 Å². The molecule has 0 radical (unpaired) electrons. The minimum atomic E-state index is 1.14. The van der Waals surface area contributed by atoms with E-state index < -0.39 is 0 Å². The Kier molecular flexibility index (Phi) is 7.33. The lowest BCUT2D eigenvalue weighted by Gasteiger charge is -2.32. The van der Waals surface area contributed by atoms with E-state index in [2.05, 4.69) is 38.1 Å². The van der Waals surface area contributed by atoms with Crippen LogP contribution in [0.15, 0.2) is 24.3 Å². The summed E-state index contributed by atoms with van der Waals surface area (Å²) >= 11 is 0. The molecule has 0 aliphatic heterocycles. The molecule has 0 heteroatoms. The molecule has 0 saturated heterocycles. The maximum absolute atomic E-state index is 2.22. The van der Waals surface area contributed by atoms with Gasteiger partial charge in [-0.25, -0.2) is 0 Å². The number of benzene rings is 1. The largest absolute Gasteiger partial charge is 0.0617 e. The third-order valence-electron chi connectivity index (χ3n) is 5.46. The van der Waals surface area contributed by atoms with Crippen LogP contribution in [-0.4, -0.2) is 0 Å². The first kappa shape index (κ1) is 16.6. The van der Waals surface area contributed by atoms with Crippen molar-refractivity contribution in [3.8, 4) is 0 Å². The molecule has 0 N–H and O–H groups in total. The Morgan fingerprint density at radius 2 is 1.33 bits per heavy atom. The normalized spacial score (nSPS) is 20.7. The van der Waals surface area contributed by atoms with E-state index in [1.165, 1.54) is 49.7 Å². The highest BCUT2D eigenvalue weighted by atomic mass is 14.3. The van der Waals surface area contributed by atoms with Gasteiger partial charge in [0.15, 0.2) is 0 Å². The van der Waals surface area contributed by atoms with E-state index in [-0.39, 0.29) is 0 Å². The van der Waals surface area contributed by atoms with Crippen molar-refractivity contribution in [1.82, 2.24) is 0 Å². The molecule has 2 aliphatic carbocycles. The third-order valence-corrected chi connectivity index (χ3v) is 5.46. The Bertz CT molecular complexity index is 365. The average molecular weight is 287 g/mol. The van der Waals surface area contributed by atoms with Crippen LogP contribution in [0, 0.1) is 18.8 Å². The van der Waals surface area contributed by atoms with E-state index in [4.69, 9.17) is 0 Å². The second kappa shape index (κ2) is 9.28. The predicted molar refractivity (Wildman–Crippen MR) is 93.7 cm³/mol. The Hall–Kier alpha value is -0.780. The molecule has 2 fully saturated rings. The summed E-state index contributed by atoms with van der Waals surface area (Å²) < 4.78 is 0. The van der Waals surface area contributed by atoms with Gasteiger partial charge in [0.2, 0.25) is 0 Å². The second-order valence-corrected chi connectivity index (χ2v) is 7.14. The first-order valence-electron chi connectivity index (χ1n) is 9.35. The fourth-order valence-electron chi connectivity index (χ4n) is 4.14. The number of hydrogen-bond acceptors (Lipinski definition) is 0. The molecule has 1 aromatic carbocycles. The molecule has 0 nitrogen and oxygen atoms in total. The zero-order valence-electron chi connectivity index (χ0n) is 14.2. The lowest BCUT2D eigenvalue weighted by atomic mass is 9.73. The van der Waals surface area contributed by atoms with Crippen LogP contribution in [0.3, 0.4) is 0 Å². The van der Waals surface area contributed by atoms with Gasteiger partial charge in [-0.15, -0.1) is 0 Å². The topological polar surface area (TPSA) is 0 Å². The molecule has 0 amide bonds. The van der Waals surface area contributed by atoms with E-state index in [9.17, 15) is 0 Å². The molecule has 0 unspecified atom stereocenters. The van der Waals surface area contributed by atoms with Crippen molar-refractivity contribution >= 4 is 0 Å². The first-order valence-corrected chi connectivity index (χ1v) is 9.35. The summed E-state index contributed by atoms with van der Waals surface area (Å²) in [4.78, 5) is 0. The van der Waals surface area contributed by atoms with Crippen molar-refractivity contribution < 1.29 is 0 Å². The fourth-order valence-corrected chi connectivity index (χ4v) is 4.14. The number of hydrogen-bond donors (Lipinski definition) is 0. The molecule has 2 saturated carbocycles. The summed E-state index contributed by atoms with van der Waals surface area (Å²) in [5, 5.41) is 0. The summed E-state index contributed by atoms with van der Waals surface area (Å²) in [5.41, 5.74) is 2.78. The molecule has 0 spiro atoms. The van der Waals surface area contributed by atoms with Crippen molar-refractivity contribution in [3.63, 3.8) is 0 Å². The van der Waals surface area contributed by atoms with Crippen LogP contribution in [0.25, 0.3) is 0 Å². The molecule has 118 valence electrons. The molecule has 21 heavy (non-hydrogen) atoms. The summed E-state index contributed by atoms with van der Waals surface area (Å²) in [6, 6.07) is 8.61. The highest BCUT2D eigenvalue weighted by molar-refractivity contribution is 5.21. The van der Waals surface area contributed by atoms with Gasteiger partial charge < -0.3 is 0 Å². The minimum Gasteiger partial charge on any atom is -0.0617 e. The molecule has 3 rings (SSSR count). The Morgan fingerprint density at radius 3 is 1.71 bits per heavy atom. The van der Waals surface area contributed by atoms with Gasteiger partial charge in [0.1, 0.15) is 0 Å². The van der Waals surface area contributed by atoms with Gasteiger partial charge in [-0.2, -0.15) is 0 Å². The van der Waals surface area contributed by atoms with Crippen LogP contribution in [0.1, 0.15) is 82.3 Å². The van der Waals surface area contributed by atoms with E-state index in [1.54, 1.807) is 25.7 Å². The number of aryl methyl sites for hydroxylation is 2. The zero-order valence-corrected chi connectivity index (χ0v) is 14.2. The third kappa shape index (κ3) is 5.85. The summed E-state index contributed by atoms with van der Waals surface area (Å²) in [5.74, 6) is 2.28. The van der Waals surface area contributed by atoms with E-state index in [1.807, 2.05) is 0 Å². The van der Waals surface area contributed by atoms with Gasteiger partial charge in [0.05, 0.1) is 0 Å².